The summed E-state index contributed by atoms with van der Waals surface area (Å²) >= 11 is 0. The Morgan fingerprint density at radius 2 is 1.65 bits per heavy atom. The third kappa shape index (κ3) is 3.54. The van der Waals surface area contributed by atoms with Crippen molar-refractivity contribution in [3.05, 3.63) is 118 Å². The van der Waals surface area contributed by atoms with Gasteiger partial charge in [0.05, 0.1) is 5.69 Å². The quantitative estimate of drug-likeness (QED) is 0.435. The number of nitrogens with one attached hydrogen (secondary N) is 1. The highest BCUT2D eigenvalue weighted by atomic mass is 19.1. The van der Waals surface area contributed by atoms with E-state index >= 15 is 4.39 Å². The van der Waals surface area contributed by atoms with E-state index in [1.54, 1.807) is 47.4 Å². The van der Waals surface area contributed by atoms with Crippen LogP contribution in [0.5, 0.6) is 0 Å². The van der Waals surface area contributed by atoms with Crippen molar-refractivity contribution in [3.63, 3.8) is 0 Å². The first-order valence-electron chi connectivity index (χ1n) is 11.4. The van der Waals surface area contributed by atoms with Gasteiger partial charge in [0.2, 0.25) is 0 Å². The number of Topliss-reactive ketones (excluding diaryl/α,β-unsaturated/α-hetero) is 1. The topological polar surface area (TPSA) is 64.4 Å². The van der Waals surface area contributed by atoms with Crippen molar-refractivity contribution in [2.75, 3.05) is 4.90 Å². The van der Waals surface area contributed by atoms with Gasteiger partial charge in [-0.2, -0.15) is 0 Å². The number of anilines is 1. The summed E-state index contributed by atoms with van der Waals surface area (Å²) in [7, 11) is 0. The minimum Gasteiger partial charge on any atom is -0.507 e. The SMILES string of the molecule is Cc1ccccc1N1C(=N)/C(=C(/O)c2ccccc2)C(c2ccccc2F)C2=C1CCCC2=O. The number of aryl methyl sites for hydroxylation is 1. The Labute approximate surface area is 198 Å². The van der Waals surface area contributed by atoms with Crippen LogP contribution in [0.4, 0.5) is 10.1 Å². The normalized spacial score (nSPS) is 19.8. The van der Waals surface area contributed by atoms with Gasteiger partial charge < -0.3 is 5.11 Å². The molecule has 1 atom stereocenters. The first-order chi connectivity index (χ1) is 16.5. The number of amidine groups is 1. The Hall–Kier alpha value is -3.99. The number of hydrogen-bond acceptors (Lipinski definition) is 3. The molecule has 0 bridgehead atoms. The van der Waals surface area contributed by atoms with Crippen LogP contribution in [0.15, 0.2) is 95.7 Å². The maximum atomic E-state index is 15.2. The number of carbonyl (C=O) groups is 1. The molecule has 2 aliphatic rings. The van der Waals surface area contributed by atoms with E-state index < -0.39 is 11.7 Å². The van der Waals surface area contributed by atoms with E-state index in [1.807, 2.05) is 37.3 Å². The van der Waals surface area contributed by atoms with Crippen molar-refractivity contribution >= 4 is 23.1 Å². The summed E-state index contributed by atoms with van der Waals surface area (Å²) in [6.07, 6.45) is 1.63. The number of carbonyl (C=O) groups excluding carboxylic acids is 1. The van der Waals surface area contributed by atoms with E-state index in [0.717, 1.165) is 11.3 Å². The van der Waals surface area contributed by atoms with Crippen LogP contribution < -0.4 is 4.90 Å². The first-order valence-corrected chi connectivity index (χ1v) is 11.4. The van der Waals surface area contributed by atoms with E-state index in [9.17, 15) is 15.3 Å². The summed E-state index contributed by atoms with van der Waals surface area (Å²) < 4.78 is 15.2. The molecule has 1 aliphatic carbocycles. The summed E-state index contributed by atoms with van der Waals surface area (Å²) in [4.78, 5) is 15.2. The number of aliphatic hydroxyl groups is 1. The van der Waals surface area contributed by atoms with Crippen molar-refractivity contribution in [1.82, 2.24) is 0 Å². The molecule has 3 aromatic rings. The van der Waals surface area contributed by atoms with Gasteiger partial charge in [-0.1, -0.05) is 66.7 Å². The van der Waals surface area contributed by atoms with Crippen LogP contribution in [0.2, 0.25) is 0 Å². The van der Waals surface area contributed by atoms with E-state index in [4.69, 9.17) is 0 Å². The molecule has 2 N–H and O–H groups in total. The zero-order valence-electron chi connectivity index (χ0n) is 18.9. The number of halogens is 1. The van der Waals surface area contributed by atoms with Crippen LogP contribution in [-0.2, 0) is 4.79 Å². The molecule has 0 fully saturated rings. The number of benzene rings is 3. The highest BCUT2D eigenvalue weighted by molar-refractivity contribution is 6.19. The lowest BCUT2D eigenvalue weighted by atomic mass is 9.73. The van der Waals surface area contributed by atoms with E-state index in [-0.39, 0.29) is 28.5 Å². The van der Waals surface area contributed by atoms with Crippen LogP contribution >= 0.6 is 0 Å². The smallest absolute Gasteiger partial charge is 0.161 e. The number of aliphatic hydroxyl groups excluding tert-OH is 1. The van der Waals surface area contributed by atoms with Crippen LogP contribution in [0, 0.1) is 18.2 Å². The average molecular weight is 453 g/mol. The Kier molecular flexibility index (Phi) is 5.62. The Balaban J connectivity index is 1.87. The Morgan fingerprint density at radius 3 is 2.38 bits per heavy atom. The van der Waals surface area contributed by atoms with Gasteiger partial charge in [-0.15, -0.1) is 0 Å². The van der Waals surface area contributed by atoms with Gasteiger partial charge in [-0.05, 0) is 37.5 Å². The van der Waals surface area contributed by atoms with E-state index in [0.29, 0.717) is 36.1 Å². The molecular formula is C29H25FN2O2. The second kappa shape index (κ2) is 8.75. The van der Waals surface area contributed by atoms with Crippen molar-refractivity contribution in [2.45, 2.75) is 32.1 Å². The lowest BCUT2D eigenvalue weighted by Gasteiger charge is -2.42. The van der Waals surface area contributed by atoms with Crippen molar-refractivity contribution in [1.29, 1.82) is 5.41 Å². The second-order valence-electron chi connectivity index (χ2n) is 8.69. The molecule has 0 saturated carbocycles. The van der Waals surface area contributed by atoms with Crippen LogP contribution in [0.3, 0.4) is 0 Å². The third-order valence-electron chi connectivity index (χ3n) is 6.63. The van der Waals surface area contributed by atoms with Crippen LogP contribution in [0.1, 0.15) is 41.9 Å². The number of nitrogens with zero attached hydrogens (tertiary/aromatic N) is 1. The number of hydrogen-bond donors (Lipinski definition) is 2. The minimum atomic E-state index is -0.864. The number of rotatable bonds is 3. The van der Waals surface area contributed by atoms with Gasteiger partial charge in [-0.25, -0.2) is 4.39 Å². The molecule has 0 aromatic heterocycles. The van der Waals surface area contributed by atoms with E-state index in [2.05, 4.69) is 0 Å². The van der Waals surface area contributed by atoms with E-state index in [1.165, 1.54) is 6.07 Å². The summed E-state index contributed by atoms with van der Waals surface area (Å²) in [6, 6.07) is 22.9. The number of para-hydroxylation sites is 1. The third-order valence-corrected chi connectivity index (χ3v) is 6.63. The fraction of sp³-hybridized carbons (Fsp3) is 0.172. The molecule has 5 heteroatoms. The van der Waals surface area contributed by atoms with Crippen molar-refractivity contribution in [2.24, 2.45) is 0 Å². The fourth-order valence-corrected chi connectivity index (χ4v) is 5.04. The predicted octanol–water partition coefficient (Wildman–Crippen LogP) is 6.69. The molecule has 4 nitrogen and oxygen atoms in total. The average Bonchev–Trinajstić information content (AvgIpc) is 2.85. The molecule has 170 valence electrons. The van der Waals surface area contributed by atoms with Crippen LogP contribution in [-0.4, -0.2) is 16.7 Å². The largest absolute Gasteiger partial charge is 0.507 e. The van der Waals surface area contributed by atoms with Gasteiger partial charge in [0.1, 0.15) is 17.4 Å². The van der Waals surface area contributed by atoms with Crippen molar-refractivity contribution in [3.8, 4) is 0 Å². The zero-order chi connectivity index (χ0) is 23.8. The highest BCUT2D eigenvalue weighted by Crippen LogP contribution is 2.48. The highest BCUT2D eigenvalue weighted by Gasteiger charge is 2.44. The van der Waals surface area contributed by atoms with Gasteiger partial charge in [0.25, 0.3) is 0 Å². The summed E-state index contributed by atoms with van der Waals surface area (Å²) in [5.41, 5.74) is 3.94. The zero-order valence-corrected chi connectivity index (χ0v) is 18.9. The van der Waals surface area contributed by atoms with Gasteiger partial charge in [0, 0.05) is 40.3 Å². The van der Waals surface area contributed by atoms with Gasteiger partial charge >= 0.3 is 0 Å². The molecule has 0 saturated heterocycles. The van der Waals surface area contributed by atoms with Crippen LogP contribution in [0.25, 0.3) is 5.76 Å². The lowest BCUT2D eigenvalue weighted by Crippen LogP contribution is -2.43. The fourth-order valence-electron chi connectivity index (χ4n) is 5.04. The summed E-state index contributed by atoms with van der Waals surface area (Å²) in [6.45, 7) is 1.96. The molecule has 0 radical (unpaired) electrons. The molecule has 3 aromatic carbocycles. The Morgan fingerprint density at radius 1 is 0.971 bits per heavy atom. The van der Waals surface area contributed by atoms with Gasteiger partial charge in [-0.3, -0.25) is 15.1 Å². The number of ketones is 1. The standard InChI is InChI=1S/C29H25FN2O2/c1-18-10-5-8-15-22(18)32-23-16-9-17-24(33)26(23)25(20-13-6-7-14-21(20)30)27(29(32)31)28(34)19-11-3-2-4-12-19/h2-8,10-15,25,31,34H,9,16-17H2,1H3/b28-27+,31-29?. The second-order valence-corrected chi connectivity index (χ2v) is 8.69. The predicted molar refractivity (Wildman–Crippen MR) is 132 cm³/mol. The number of allylic oxidation sites excluding steroid dienone is 2. The molecule has 0 spiro atoms. The monoisotopic (exact) mass is 452 g/mol. The molecule has 1 aliphatic heterocycles. The molecular weight excluding hydrogens is 427 g/mol. The lowest BCUT2D eigenvalue weighted by molar-refractivity contribution is -0.116. The molecule has 0 amide bonds. The molecule has 1 heterocycles. The molecule has 34 heavy (non-hydrogen) atoms. The first kappa shape index (κ1) is 21.8. The Bertz CT molecular complexity index is 1360. The van der Waals surface area contributed by atoms with Crippen molar-refractivity contribution < 1.29 is 14.3 Å². The molecule has 5 rings (SSSR count). The van der Waals surface area contributed by atoms with Gasteiger partial charge in [0.15, 0.2) is 5.78 Å². The summed E-state index contributed by atoms with van der Waals surface area (Å²) in [5.74, 6) is -1.47. The minimum absolute atomic E-state index is 0.0531. The maximum Gasteiger partial charge on any atom is 0.161 e. The maximum absolute atomic E-state index is 15.2. The summed E-state index contributed by atoms with van der Waals surface area (Å²) in [5, 5.41) is 20.8. The molecule has 1 unspecified atom stereocenters.